The predicted octanol–water partition coefficient (Wildman–Crippen LogP) is 4.64. The Morgan fingerprint density at radius 3 is 2.29 bits per heavy atom. The smallest absolute Gasteiger partial charge is 0.335 e. The highest BCUT2D eigenvalue weighted by atomic mass is 16.5. The van der Waals surface area contributed by atoms with Crippen LogP contribution < -0.4 is 4.74 Å². The van der Waals surface area contributed by atoms with E-state index < -0.39 is 5.97 Å². The number of hydrogen-bond donors (Lipinski definition) is 2. The van der Waals surface area contributed by atoms with E-state index in [9.17, 15) is 4.79 Å². The van der Waals surface area contributed by atoms with E-state index in [1.807, 2.05) is 20.0 Å². The fourth-order valence-corrected chi connectivity index (χ4v) is 3.59. The lowest BCUT2D eigenvalue weighted by Crippen LogP contribution is -2.43. The van der Waals surface area contributed by atoms with Gasteiger partial charge in [-0.2, -0.15) is 0 Å². The van der Waals surface area contributed by atoms with Crippen molar-refractivity contribution in [2.75, 3.05) is 40.3 Å². The topological polar surface area (TPSA) is 68.8 Å². The van der Waals surface area contributed by atoms with Gasteiger partial charge in [-0.15, -0.1) is 0 Å². The van der Waals surface area contributed by atoms with Crippen molar-refractivity contribution in [1.29, 1.82) is 0 Å². The van der Waals surface area contributed by atoms with Crippen LogP contribution in [0.15, 0.2) is 48.7 Å². The average molecular weight is 426 g/mol. The average Bonchev–Trinajstić information content (AvgIpc) is 3.30. The Hall–Kier alpha value is -2.83. The normalized spacial score (nSPS) is 14.2. The molecule has 1 aliphatic heterocycles. The first-order valence-corrected chi connectivity index (χ1v) is 10.8. The molecule has 3 aromatic rings. The molecule has 168 valence electrons. The number of fused-ring (bicyclic) bond motifs is 1. The summed E-state index contributed by atoms with van der Waals surface area (Å²) in [5, 5.41) is 9.68. The van der Waals surface area contributed by atoms with Gasteiger partial charge >= 0.3 is 5.97 Å². The number of carboxylic acid groups (broad SMARTS) is 1. The van der Waals surface area contributed by atoms with Crippen LogP contribution in [0.4, 0.5) is 0 Å². The molecule has 31 heavy (non-hydrogen) atoms. The summed E-state index contributed by atoms with van der Waals surface area (Å²) < 4.78 is 5.62. The van der Waals surface area contributed by atoms with Crippen LogP contribution in [0.25, 0.3) is 10.9 Å². The molecule has 0 unspecified atom stereocenters. The molecule has 1 saturated heterocycles. The van der Waals surface area contributed by atoms with Gasteiger partial charge in [0, 0.05) is 55.4 Å². The summed E-state index contributed by atoms with van der Waals surface area (Å²) in [6, 6.07) is 12.6. The van der Waals surface area contributed by atoms with Gasteiger partial charge in [0.1, 0.15) is 5.75 Å². The Morgan fingerprint density at radius 1 is 1.10 bits per heavy atom. The lowest BCUT2D eigenvalue weighted by molar-refractivity contribution is 0.0697. The molecule has 2 N–H and O–H groups in total. The number of aryl methyl sites for hydroxylation is 1. The summed E-state index contributed by atoms with van der Waals surface area (Å²) in [5.41, 5.74) is 4.11. The second-order valence-corrected chi connectivity index (χ2v) is 7.39. The van der Waals surface area contributed by atoms with Crippen LogP contribution in [-0.2, 0) is 6.54 Å². The number of aromatic carboxylic acids is 1. The molecular weight excluding hydrogens is 390 g/mol. The van der Waals surface area contributed by atoms with Crippen LogP contribution in [0.2, 0.25) is 0 Å². The summed E-state index contributed by atoms with van der Waals surface area (Å²) >= 11 is 0. The van der Waals surface area contributed by atoms with Crippen LogP contribution in [0, 0.1) is 6.92 Å². The van der Waals surface area contributed by atoms with Crippen LogP contribution >= 0.6 is 0 Å². The maximum atomic E-state index is 10.2. The largest absolute Gasteiger partial charge is 0.496 e. The van der Waals surface area contributed by atoms with Gasteiger partial charge in [0.2, 0.25) is 0 Å². The van der Waals surface area contributed by atoms with Crippen LogP contribution in [0.1, 0.15) is 35.3 Å². The number of carboxylic acids is 1. The van der Waals surface area contributed by atoms with Crippen molar-refractivity contribution in [2.45, 2.75) is 27.3 Å². The molecule has 1 fully saturated rings. The summed E-state index contributed by atoms with van der Waals surface area (Å²) in [7, 11) is 3.95. The van der Waals surface area contributed by atoms with Crippen LogP contribution in [0.3, 0.4) is 0 Å². The Bertz CT molecular complexity index is 945. The molecule has 0 atom stereocenters. The molecule has 2 aromatic carbocycles. The molecule has 1 aliphatic rings. The van der Waals surface area contributed by atoms with Gasteiger partial charge in [-0.05, 0) is 43.8 Å². The molecule has 0 radical (unpaired) electrons. The summed E-state index contributed by atoms with van der Waals surface area (Å²) in [6.07, 6.45) is 2.02. The van der Waals surface area contributed by atoms with Gasteiger partial charge in [-0.25, -0.2) is 4.79 Å². The zero-order valence-electron chi connectivity index (χ0n) is 19.3. The standard InChI is InChI=1S/C16H23N3O.C7H6O2.C2H6/c1-12-10-15(20-3)14(13-4-5-17-16(12)13)11-19-8-6-18(2)7-9-19;8-7(9)6-4-2-1-3-5-6;1-2/h4-5,10,17H,6-9,11H2,1-3H3;1-5H,(H,8,9);1-2H3. The summed E-state index contributed by atoms with van der Waals surface area (Å²) in [4.78, 5) is 18.4. The van der Waals surface area contributed by atoms with Gasteiger partial charge in [-0.3, -0.25) is 4.90 Å². The van der Waals surface area contributed by atoms with E-state index in [2.05, 4.69) is 40.9 Å². The minimum Gasteiger partial charge on any atom is -0.496 e. The van der Waals surface area contributed by atoms with Gasteiger partial charge in [0.25, 0.3) is 0 Å². The SMILES string of the molecule is CC.COc1cc(C)c2[nH]ccc2c1CN1CCN(C)CC1.O=C(O)c1ccccc1. The number of ether oxygens (including phenoxy) is 1. The lowest BCUT2D eigenvalue weighted by Gasteiger charge is -2.32. The summed E-state index contributed by atoms with van der Waals surface area (Å²) in [6.45, 7) is 11.6. The van der Waals surface area contributed by atoms with E-state index in [-0.39, 0.29) is 0 Å². The highest BCUT2D eigenvalue weighted by Gasteiger charge is 2.18. The van der Waals surface area contributed by atoms with E-state index >= 15 is 0 Å². The number of rotatable bonds is 4. The first-order chi connectivity index (χ1) is 15.0. The van der Waals surface area contributed by atoms with E-state index in [0.29, 0.717) is 5.56 Å². The van der Waals surface area contributed by atoms with Gasteiger partial charge in [0.05, 0.1) is 12.7 Å². The van der Waals surface area contributed by atoms with E-state index in [1.165, 1.54) is 22.0 Å². The number of likely N-dealkylation sites (N-methyl/N-ethyl adjacent to an activating group) is 1. The number of piperazine rings is 1. The van der Waals surface area contributed by atoms with Crippen molar-refractivity contribution >= 4 is 16.9 Å². The van der Waals surface area contributed by atoms with E-state index in [0.717, 1.165) is 38.5 Å². The molecule has 0 amide bonds. The van der Waals surface area contributed by atoms with E-state index in [1.54, 1.807) is 37.4 Å². The number of H-pyrrole nitrogens is 1. The van der Waals surface area contributed by atoms with Crippen molar-refractivity contribution in [2.24, 2.45) is 0 Å². The fourth-order valence-electron chi connectivity index (χ4n) is 3.59. The monoisotopic (exact) mass is 425 g/mol. The molecule has 0 spiro atoms. The lowest BCUT2D eigenvalue weighted by atomic mass is 10.0. The number of benzene rings is 2. The highest BCUT2D eigenvalue weighted by molar-refractivity contribution is 5.88. The van der Waals surface area contributed by atoms with Crippen molar-refractivity contribution < 1.29 is 14.6 Å². The minimum atomic E-state index is -0.879. The van der Waals surface area contributed by atoms with E-state index in [4.69, 9.17) is 9.84 Å². The Balaban J connectivity index is 0.000000261. The third kappa shape index (κ3) is 6.57. The van der Waals surface area contributed by atoms with Crippen molar-refractivity contribution in [3.63, 3.8) is 0 Å². The van der Waals surface area contributed by atoms with Crippen molar-refractivity contribution in [3.8, 4) is 5.75 Å². The zero-order valence-corrected chi connectivity index (χ0v) is 19.3. The van der Waals surface area contributed by atoms with Gasteiger partial charge in [-0.1, -0.05) is 32.0 Å². The third-order valence-corrected chi connectivity index (χ3v) is 5.33. The van der Waals surface area contributed by atoms with Gasteiger partial charge in [0.15, 0.2) is 0 Å². The number of aromatic nitrogens is 1. The molecule has 0 bridgehead atoms. The number of nitrogens with zero attached hydrogens (tertiary/aromatic N) is 2. The second kappa shape index (κ2) is 12.1. The quantitative estimate of drug-likeness (QED) is 0.637. The van der Waals surface area contributed by atoms with Gasteiger partial charge < -0.3 is 19.7 Å². The number of methoxy groups -OCH3 is 1. The Labute approximate surface area is 185 Å². The van der Waals surface area contributed by atoms with Crippen molar-refractivity contribution in [3.05, 3.63) is 65.4 Å². The Morgan fingerprint density at radius 2 is 1.74 bits per heavy atom. The predicted molar refractivity (Wildman–Crippen MR) is 127 cm³/mol. The number of aromatic amines is 1. The Kier molecular flexibility index (Phi) is 9.56. The molecule has 0 aliphatic carbocycles. The molecule has 1 aromatic heterocycles. The minimum absolute atomic E-state index is 0.331. The number of nitrogens with one attached hydrogen (secondary N) is 1. The molecule has 6 nitrogen and oxygen atoms in total. The maximum absolute atomic E-state index is 10.2. The third-order valence-electron chi connectivity index (χ3n) is 5.33. The maximum Gasteiger partial charge on any atom is 0.335 e. The molecule has 2 heterocycles. The molecule has 6 heteroatoms. The number of hydrogen-bond acceptors (Lipinski definition) is 4. The first kappa shape index (κ1) is 24.4. The molecule has 0 saturated carbocycles. The highest BCUT2D eigenvalue weighted by Crippen LogP contribution is 2.31. The zero-order chi connectivity index (χ0) is 22.8. The van der Waals surface area contributed by atoms with Crippen LogP contribution in [-0.4, -0.2) is 66.2 Å². The van der Waals surface area contributed by atoms with Crippen molar-refractivity contribution in [1.82, 2.24) is 14.8 Å². The fraction of sp³-hybridized carbons (Fsp3) is 0.400. The summed E-state index contributed by atoms with van der Waals surface area (Å²) in [5.74, 6) is 0.129. The molecule has 4 rings (SSSR count). The van der Waals surface area contributed by atoms with Crippen LogP contribution in [0.5, 0.6) is 5.75 Å². The second-order valence-electron chi connectivity index (χ2n) is 7.39. The molecular formula is C25H35N3O3. The number of carbonyl (C=O) groups is 1. The first-order valence-electron chi connectivity index (χ1n) is 10.8.